The first kappa shape index (κ1) is 21.4. The molecule has 1 aromatic rings. The van der Waals surface area contributed by atoms with Crippen LogP contribution in [0, 0.1) is 0 Å². The van der Waals surface area contributed by atoms with Crippen LogP contribution in [-0.4, -0.2) is 17.8 Å². The van der Waals surface area contributed by atoms with Crippen LogP contribution < -0.4 is 17.7 Å². The van der Waals surface area contributed by atoms with Gasteiger partial charge in [0.25, 0.3) is 0 Å². The van der Waals surface area contributed by atoms with Crippen LogP contribution in [0.25, 0.3) is 0 Å². The summed E-state index contributed by atoms with van der Waals surface area (Å²) in [5.41, 5.74) is 1.33. The Morgan fingerprint density at radius 2 is 1.50 bits per heavy atom. The van der Waals surface area contributed by atoms with Crippen molar-refractivity contribution in [2.75, 3.05) is 6.54 Å². The van der Waals surface area contributed by atoms with E-state index < -0.39 is 0 Å². The molecule has 3 heteroatoms. The highest BCUT2D eigenvalue weighted by atomic mass is 35.5. The Kier molecular flexibility index (Phi) is 14.9. The molecule has 0 aliphatic heterocycles. The molecule has 22 heavy (non-hydrogen) atoms. The maximum atomic E-state index is 9.97. The van der Waals surface area contributed by atoms with Crippen molar-refractivity contribution >= 4 is 0 Å². The van der Waals surface area contributed by atoms with E-state index in [0.717, 1.165) is 19.5 Å². The number of hydrogen-bond acceptors (Lipinski definition) is 1. The SMILES string of the molecule is CCCCCCCCCCC(O)C[NH2+]Cc1ccccc1.[Cl-]. The number of hydrogen-bond donors (Lipinski definition) is 2. The van der Waals surface area contributed by atoms with Gasteiger partial charge in [-0.25, -0.2) is 0 Å². The Hall–Kier alpha value is -0.570. The van der Waals surface area contributed by atoms with E-state index in [2.05, 4.69) is 36.5 Å². The molecule has 0 fully saturated rings. The van der Waals surface area contributed by atoms with Crippen LogP contribution in [0.2, 0.25) is 0 Å². The van der Waals surface area contributed by atoms with Crippen LogP contribution >= 0.6 is 0 Å². The Morgan fingerprint density at radius 3 is 2.14 bits per heavy atom. The molecule has 0 saturated carbocycles. The Labute approximate surface area is 143 Å². The fourth-order valence-electron chi connectivity index (χ4n) is 2.69. The van der Waals surface area contributed by atoms with Gasteiger partial charge in [-0.2, -0.15) is 0 Å². The maximum absolute atomic E-state index is 9.97. The van der Waals surface area contributed by atoms with Crippen LogP contribution in [0.3, 0.4) is 0 Å². The van der Waals surface area contributed by atoms with Gasteiger partial charge in [0.05, 0.1) is 0 Å². The molecule has 0 amide bonds. The largest absolute Gasteiger partial charge is 1.00 e. The lowest BCUT2D eigenvalue weighted by molar-refractivity contribution is -0.676. The molecular formula is C19H34ClNO. The number of aliphatic hydroxyl groups is 1. The van der Waals surface area contributed by atoms with Gasteiger partial charge in [0.15, 0.2) is 0 Å². The van der Waals surface area contributed by atoms with E-state index in [1.54, 1.807) is 0 Å². The minimum Gasteiger partial charge on any atom is -1.00 e. The molecule has 3 N–H and O–H groups in total. The zero-order valence-electron chi connectivity index (χ0n) is 14.1. The monoisotopic (exact) mass is 327 g/mol. The van der Waals surface area contributed by atoms with Gasteiger partial charge in [0, 0.05) is 5.56 Å². The molecule has 1 unspecified atom stereocenters. The highest BCUT2D eigenvalue weighted by Gasteiger charge is 2.06. The fraction of sp³-hybridized carbons (Fsp3) is 0.684. The lowest BCUT2D eigenvalue weighted by Crippen LogP contribution is -3.00. The molecule has 1 rings (SSSR count). The second-order valence-electron chi connectivity index (χ2n) is 6.13. The highest BCUT2D eigenvalue weighted by molar-refractivity contribution is 5.12. The third-order valence-corrected chi connectivity index (χ3v) is 4.05. The van der Waals surface area contributed by atoms with Crippen molar-refractivity contribution in [1.82, 2.24) is 0 Å². The van der Waals surface area contributed by atoms with Crippen molar-refractivity contribution in [2.24, 2.45) is 0 Å². The molecule has 128 valence electrons. The first-order chi connectivity index (χ1) is 10.3. The van der Waals surface area contributed by atoms with Crippen LogP contribution in [0.5, 0.6) is 0 Å². The number of quaternary nitrogens is 1. The Bertz CT molecular complexity index is 331. The standard InChI is InChI=1S/C19H33NO.ClH/c1-2-3-4-5-6-7-8-12-15-19(21)17-20-16-18-13-10-9-11-14-18;/h9-11,13-14,19-21H,2-8,12,15-17H2,1H3;1H. The number of aliphatic hydroxyl groups excluding tert-OH is 1. The third-order valence-electron chi connectivity index (χ3n) is 4.05. The molecule has 0 aliphatic carbocycles. The van der Waals surface area contributed by atoms with Gasteiger partial charge in [-0.1, -0.05) is 88.6 Å². The quantitative estimate of drug-likeness (QED) is 0.513. The van der Waals surface area contributed by atoms with E-state index in [1.807, 2.05) is 6.07 Å². The minimum atomic E-state index is -0.145. The van der Waals surface area contributed by atoms with Gasteiger partial charge in [0.1, 0.15) is 19.2 Å². The maximum Gasteiger partial charge on any atom is 0.103 e. The second kappa shape index (κ2) is 15.3. The predicted octanol–water partition coefficient (Wildman–Crippen LogP) is 0.646. The minimum absolute atomic E-state index is 0. The van der Waals surface area contributed by atoms with Crippen molar-refractivity contribution < 1.29 is 22.8 Å². The lowest BCUT2D eigenvalue weighted by Gasteiger charge is -2.09. The summed E-state index contributed by atoms with van der Waals surface area (Å²) in [5.74, 6) is 0. The molecule has 0 aromatic heterocycles. The Morgan fingerprint density at radius 1 is 0.909 bits per heavy atom. The molecule has 0 spiro atoms. The van der Waals surface area contributed by atoms with Crippen LogP contribution in [0.1, 0.15) is 70.3 Å². The van der Waals surface area contributed by atoms with E-state index in [4.69, 9.17) is 0 Å². The molecule has 1 aromatic carbocycles. The summed E-state index contributed by atoms with van der Waals surface area (Å²) in [6.07, 6.45) is 11.5. The van der Waals surface area contributed by atoms with Crippen LogP contribution in [-0.2, 0) is 6.54 Å². The van der Waals surface area contributed by atoms with Crippen molar-refractivity contribution in [3.63, 3.8) is 0 Å². The number of benzene rings is 1. The van der Waals surface area contributed by atoms with Gasteiger partial charge in [-0.05, 0) is 6.42 Å². The zero-order valence-corrected chi connectivity index (χ0v) is 14.9. The molecule has 0 aliphatic rings. The van der Waals surface area contributed by atoms with Gasteiger partial charge in [-0.3, -0.25) is 0 Å². The molecule has 0 saturated heterocycles. The Balaban J connectivity index is 0.00000441. The van der Waals surface area contributed by atoms with Crippen molar-refractivity contribution in [1.29, 1.82) is 0 Å². The van der Waals surface area contributed by atoms with Crippen molar-refractivity contribution in [3.05, 3.63) is 35.9 Å². The van der Waals surface area contributed by atoms with Gasteiger partial charge in [-0.15, -0.1) is 0 Å². The van der Waals surface area contributed by atoms with E-state index in [1.165, 1.54) is 56.9 Å². The molecule has 0 heterocycles. The van der Waals surface area contributed by atoms with E-state index in [0.29, 0.717) is 0 Å². The second-order valence-corrected chi connectivity index (χ2v) is 6.13. The van der Waals surface area contributed by atoms with Crippen molar-refractivity contribution in [3.8, 4) is 0 Å². The van der Waals surface area contributed by atoms with Crippen LogP contribution in [0.4, 0.5) is 0 Å². The summed E-state index contributed by atoms with van der Waals surface area (Å²) in [5, 5.41) is 12.2. The zero-order chi connectivity index (χ0) is 15.2. The molecule has 0 bridgehead atoms. The van der Waals surface area contributed by atoms with E-state index in [9.17, 15) is 5.11 Å². The number of rotatable bonds is 13. The highest BCUT2D eigenvalue weighted by Crippen LogP contribution is 2.10. The first-order valence-corrected chi connectivity index (χ1v) is 8.86. The van der Waals surface area contributed by atoms with E-state index >= 15 is 0 Å². The molecule has 0 radical (unpaired) electrons. The molecular weight excluding hydrogens is 294 g/mol. The van der Waals surface area contributed by atoms with E-state index in [-0.39, 0.29) is 18.5 Å². The lowest BCUT2D eigenvalue weighted by atomic mass is 10.1. The average molecular weight is 328 g/mol. The normalized spacial score (nSPS) is 11.9. The summed E-state index contributed by atoms with van der Waals surface area (Å²) in [7, 11) is 0. The van der Waals surface area contributed by atoms with Gasteiger partial charge < -0.3 is 22.8 Å². The average Bonchev–Trinajstić information content (AvgIpc) is 2.51. The predicted molar refractivity (Wildman–Crippen MR) is 90.2 cm³/mol. The number of unbranched alkanes of at least 4 members (excludes halogenated alkanes) is 7. The summed E-state index contributed by atoms with van der Waals surface area (Å²) >= 11 is 0. The number of halogens is 1. The summed E-state index contributed by atoms with van der Waals surface area (Å²) in [6.45, 7) is 4.05. The summed E-state index contributed by atoms with van der Waals surface area (Å²) < 4.78 is 0. The summed E-state index contributed by atoms with van der Waals surface area (Å²) in [4.78, 5) is 0. The fourth-order valence-corrected chi connectivity index (χ4v) is 2.69. The number of nitrogens with two attached hydrogens (primary N) is 1. The summed E-state index contributed by atoms with van der Waals surface area (Å²) in [6, 6.07) is 10.5. The van der Waals surface area contributed by atoms with Gasteiger partial charge in [0.2, 0.25) is 0 Å². The molecule has 1 atom stereocenters. The smallest absolute Gasteiger partial charge is 0.103 e. The first-order valence-electron chi connectivity index (χ1n) is 8.86. The topological polar surface area (TPSA) is 36.8 Å². The van der Waals surface area contributed by atoms with Crippen LogP contribution in [0.15, 0.2) is 30.3 Å². The third kappa shape index (κ3) is 12.0. The van der Waals surface area contributed by atoms with Crippen molar-refractivity contribution in [2.45, 2.75) is 77.4 Å². The molecule has 2 nitrogen and oxygen atoms in total. The van der Waals surface area contributed by atoms with Gasteiger partial charge >= 0.3 is 0 Å².